The van der Waals surface area contributed by atoms with Gasteiger partial charge in [-0.2, -0.15) is 0 Å². The lowest BCUT2D eigenvalue weighted by molar-refractivity contribution is -0.167. The Morgan fingerprint density at radius 3 is 1.44 bits per heavy atom. The molecule has 5 N–H and O–H groups in total. The molecular weight excluding hydrogens is 1220 g/mol. The summed E-state index contributed by atoms with van der Waals surface area (Å²) in [4.78, 5) is 185. The van der Waals surface area contributed by atoms with Crippen LogP contribution in [0.25, 0.3) is 0 Å². The number of hydrogen-bond donors (Lipinski definition) is 5. The van der Waals surface area contributed by atoms with E-state index in [-0.39, 0.29) is 68.9 Å². The zero-order valence-corrected chi connectivity index (χ0v) is 62.0. The molecule has 2 heterocycles. The minimum absolute atomic E-state index is 0.0406. The molecule has 2 saturated heterocycles. The summed E-state index contributed by atoms with van der Waals surface area (Å²) in [7, 11) is 9.79. The molecule has 3 unspecified atom stereocenters. The second-order valence-electron chi connectivity index (χ2n) is 29.0. The Morgan fingerprint density at radius 2 is 0.968 bits per heavy atom. The summed E-state index contributed by atoms with van der Waals surface area (Å²) in [5, 5.41) is 13.7. The maximum Gasteiger partial charge on any atom is 0.407 e. The van der Waals surface area contributed by atoms with Crippen molar-refractivity contribution in [3.05, 3.63) is 12.2 Å². The fourth-order valence-electron chi connectivity index (χ4n) is 11.8. The number of likely N-dealkylation sites (N-methyl/N-ethyl adjacent to an activating group) is 7. The molecule has 0 radical (unpaired) electrons. The van der Waals surface area contributed by atoms with Crippen LogP contribution in [-0.4, -0.2) is 252 Å². The Bertz CT molecular complexity index is 2680. The standard InChI is InChI=1S/C68H120N12O15/c1-27-29-30-42(13)54-53-58(84)72-46(28-2)60(86)80(26)66(93-32-31-69-67(92)95-68(17,18)19)65(91)75(21)48(34-38(5)6)57(83)73-51(41(11)12)63(89)74(20)47(33-37(3)4)56(82)70-43(14)55(81)71-44(15)59(85)76(22)49(35-39(7)8)61(87)77(23)50(36-40(9)10)62(88)78(24)52(45(16)94-54)64(90)79(53)25/h27,29,37-54,66H,28,30-36H2,1-26H3,(H,69,92)(H,70,82)(H,71,81)(H,72,84)(H,73,83)/b29-27+/t42-,43+,44-,45?,46+,47+,48+,49+,50+,51+,52+,53?,54-,66?/m1/s1. The van der Waals surface area contributed by atoms with Crippen molar-refractivity contribution in [2.24, 2.45) is 35.5 Å². The predicted molar refractivity (Wildman–Crippen MR) is 361 cm³/mol. The maximum atomic E-state index is 15.3. The largest absolute Gasteiger partial charge is 0.444 e. The molecule has 0 saturated carbocycles. The van der Waals surface area contributed by atoms with Gasteiger partial charge in [-0.15, -0.1) is 0 Å². The zero-order chi connectivity index (χ0) is 73.2. The first-order valence-corrected chi connectivity index (χ1v) is 33.8. The Labute approximate surface area is 566 Å². The topological polar surface area (TPSA) is 315 Å². The van der Waals surface area contributed by atoms with E-state index in [9.17, 15) is 28.8 Å². The number of nitrogens with zero attached hydrogens (tertiary/aromatic N) is 7. The zero-order valence-electron chi connectivity index (χ0n) is 62.0. The second kappa shape index (κ2) is 37.6. The lowest BCUT2D eigenvalue weighted by Gasteiger charge is -2.39. The molecule has 2 bridgehead atoms. The van der Waals surface area contributed by atoms with Gasteiger partial charge >= 0.3 is 6.09 Å². The lowest BCUT2D eigenvalue weighted by Crippen LogP contribution is -2.62. The maximum absolute atomic E-state index is 15.3. The SMILES string of the molecule is C/C=C/C[C@@H](C)[C@H]1OC(C)[C@H]2C(=O)N(C)C1C(=O)N[C@@H](CC)C(=O)N(C)C(OCCNC(=O)OC(C)(C)C)C(=O)N(C)[C@@H](CC(C)C)C(=O)N[C@@H](C(C)C)C(=O)N(C)[C@@H](CC(C)C)C(=O)N[C@@H](C)C(=O)N[C@H](C)C(=O)N(C)[C@@H](CC(C)C)C(=O)N(C)[C@@H](CC(C)C)C(=O)N2C. The van der Waals surface area contributed by atoms with E-state index in [1.807, 2.05) is 81.4 Å². The number of hydrogen-bond acceptors (Lipinski definition) is 15. The summed E-state index contributed by atoms with van der Waals surface area (Å²) in [5.41, 5.74) is -0.855. The van der Waals surface area contributed by atoms with Gasteiger partial charge in [-0.25, -0.2) is 4.79 Å². The van der Waals surface area contributed by atoms with Crippen molar-refractivity contribution >= 4 is 71.1 Å². The first-order valence-electron chi connectivity index (χ1n) is 33.8. The molecule has 95 heavy (non-hydrogen) atoms. The number of ether oxygens (including phenoxy) is 3. The number of alkyl carbamates (subject to hydrolysis) is 1. The molecule has 0 aliphatic carbocycles. The number of rotatable bonds is 17. The molecular formula is C68H120N12O15. The summed E-state index contributed by atoms with van der Waals surface area (Å²) in [6, 6.07) is -12.8. The highest BCUT2D eigenvalue weighted by molar-refractivity contribution is 6.00. The van der Waals surface area contributed by atoms with Crippen molar-refractivity contribution in [3.8, 4) is 0 Å². The minimum atomic E-state index is -1.82. The van der Waals surface area contributed by atoms with Gasteiger partial charge in [0.2, 0.25) is 65.3 Å². The normalized spacial score (nSPS) is 27.9. The van der Waals surface area contributed by atoms with E-state index in [2.05, 4.69) is 26.6 Å². The predicted octanol–water partition coefficient (Wildman–Crippen LogP) is 3.91. The average Bonchev–Trinajstić information content (AvgIpc) is 1.72. The van der Waals surface area contributed by atoms with E-state index in [0.717, 1.165) is 9.80 Å². The van der Waals surface area contributed by atoms with Crippen molar-refractivity contribution in [1.82, 2.24) is 60.9 Å². The molecule has 12 amide bonds. The van der Waals surface area contributed by atoms with E-state index in [1.165, 1.54) is 87.7 Å². The van der Waals surface area contributed by atoms with E-state index < -0.39 is 167 Å². The smallest absolute Gasteiger partial charge is 0.407 e. The molecule has 0 aromatic rings. The molecule has 0 aromatic carbocycles. The monoisotopic (exact) mass is 1340 g/mol. The van der Waals surface area contributed by atoms with Crippen molar-refractivity contribution in [2.75, 3.05) is 62.5 Å². The molecule has 27 nitrogen and oxygen atoms in total. The molecule has 542 valence electrons. The van der Waals surface area contributed by atoms with E-state index in [0.29, 0.717) is 6.42 Å². The Balaban J connectivity index is 3.11. The first-order chi connectivity index (χ1) is 43.9. The summed E-state index contributed by atoms with van der Waals surface area (Å²) >= 11 is 0. The highest BCUT2D eigenvalue weighted by Crippen LogP contribution is 2.30. The third-order valence-corrected chi connectivity index (χ3v) is 17.4. The molecule has 0 aromatic heterocycles. The fraction of sp³-hybridized carbons (Fsp3) is 0.794. The van der Waals surface area contributed by atoms with Crippen molar-refractivity contribution in [2.45, 2.75) is 255 Å². The van der Waals surface area contributed by atoms with Crippen LogP contribution in [0.3, 0.4) is 0 Å². The van der Waals surface area contributed by atoms with Gasteiger partial charge in [-0.3, -0.25) is 52.7 Å². The van der Waals surface area contributed by atoms with Crippen LogP contribution in [0.4, 0.5) is 4.79 Å². The first kappa shape index (κ1) is 84.2. The minimum Gasteiger partial charge on any atom is -0.444 e. The Hall–Kier alpha value is -6.90. The van der Waals surface area contributed by atoms with Crippen molar-refractivity contribution in [3.63, 3.8) is 0 Å². The van der Waals surface area contributed by atoms with Crippen molar-refractivity contribution in [1.29, 1.82) is 0 Å². The average molecular weight is 1350 g/mol. The lowest BCUT2D eigenvalue weighted by atomic mass is 9.92. The van der Waals surface area contributed by atoms with Crippen LogP contribution < -0.4 is 26.6 Å². The third-order valence-electron chi connectivity index (χ3n) is 17.4. The summed E-state index contributed by atoms with van der Waals surface area (Å²) in [5.74, 6) is -9.77. The van der Waals surface area contributed by atoms with E-state index >= 15 is 28.8 Å². The highest BCUT2D eigenvalue weighted by atomic mass is 16.6. The number of nitrogens with one attached hydrogen (secondary N) is 5. The highest BCUT2D eigenvalue weighted by Gasteiger charge is 2.51. The molecule has 14 atom stereocenters. The van der Waals surface area contributed by atoms with Gasteiger partial charge in [0.15, 0.2) is 0 Å². The van der Waals surface area contributed by atoms with Gasteiger partial charge in [0.05, 0.1) is 18.8 Å². The second-order valence-corrected chi connectivity index (χ2v) is 29.0. The van der Waals surface area contributed by atoms with Crippen LogP contribution >= 0.6 is 0 Å². The van der Waals surface area contributed by atoms with E-state index in [4.69, 9.17) is 14.2 Å². The van der Waals surface area contributed by atoms with Crippen LogP contribution in [0.5, 0.6) is 0 Å². The van der Waals surface area contributed by atoms with Crippen LogP contribution in [0.15, 0.2) is 12.2 Å². The number of fused-ring (bicyclic) bond motifs is 3. The van der Waals surface area contributed by atoms with Crippen LogP contribution in [0.1, 0.15) is 170 Å². The van der Waals surface area contributed by atoms with Gasteiger partial charge in [-0.1, -0.05) is 95.2 Å². The Kier molecular flexibility index (Phi) is 33.3. The van der Waals surface area contributed by atoms with Crippen LogP contribution in [0, 0.1) is 35.5 Å². The van der Waals surface area contributed by atoms with Gasteiger partial charge in [0.1, 0.15) is 66.0 Å². The summed E-state index contributed by atoms with van der Waals surface area (Å²) in [6.07, 6.45) is -0.236. The summed E-state index contributed by atoms with van der Waals surface area (Å²) in [6.45, 7) is 32.5. The quantitative estimate of drug-likeness (QED) is 0.102. The van der Waals surface area contributed by atoms with E-state index in [1.54, 1.807) is 48.5 Å². The van der Waals surface area contributed by atoms with Gasteiger partial charge < -0.3 is 75.1 Å². The molecule has 2 aliphatic heterocycles. The third kappa shape index (κ3) is 23.7. The number of carbonyl (C=O) groups is 12. The molecule has 2 rings (SSSR count). The van der Waals surface area contributed by atoms with Crippen molar-refractivity contribution < 1.29 is 71.7 Å². The number of carbonyl (C=O) groups excluding carboxylic acids is 12. The molecule has 2 fully saturated rings. The number of amides is 12. The summed E-state index contributed by atoms with van der Waals surface area (Å²) < 4.78 is 18.4. The molecule has 27 heteroatoms. The van der Waals surface area contributed by atoms with Gasteiger partial charge in [-0.05, 0) is 122 Å². The van der Waals surface area contributed by atoms with Crippen LogP contribution in [0.2, 0.25) is 0 Å². The van der Waals surface area contributed by atoms with Crippen LogP contribution in [-0.2, 0) is 67.0 Å². The van der Waals surface area contributed by atoms with Gasteiger partial charge in [0.25, 0.3) is 5.91 Å². The molecule has 2 aliphatic rings. The Morgan fingerprint density at radius 1 is 0.526 bits per heavy atom. The fourth-order valence-corrected chi connectivity index (χ4v) is 11.8. The number of allylic oxidation sites excluding steroid dienone is 2. The van der Waals surface area contributed by atoms with Gasteiger partial charge in [0, 0.05) is 55.9 Å². The molecule has 0 spiro atoms.